The molecule has 1 saturated heterocycles. The van der Waals surface area contributed by atoms with E-state index in [9.17, 15) is 33.2 Å². The Hall–Kier alpha value is -2.89. The third-order valence-electron chi connectivity index (χ3n) is 4.63. The Morgan fingerprint density at radius 2 is 1.89 bits per heavy atom. The van der Waals surface area contributed by atoms with Crippen molar-refractivity contribution in [1.29, 1.82) is 0 Å². The Labute approximate surface area is 156 Å². The molecule has 0 spiro atoms. The van der Waals surface area contributed by atoms with Gasteiger partial charge in [0.25, 0.3) is 11.6 Å². The van der Waals surface area contributed by atoms with Crippen LogP contribution < -0.4 is 5.32 Å². The Morgan fingerprint density at radius 3 is 2.43 bits per heavy atom. The topological polar surface area (TPSA) is 117 Å². The first-order valence-corrected chi connectivity index (χ1v) is 8.49. The van der Waals surface area contributed by atoms with Crippen molar-refractivity contribution in [2.24, 2.45) is 5.16 Å². The van der Waals surface area contributed by atoms with Gasteiger partial charge in [0.15, 0.2) is 11.9 Å². The van der Waals surface area contributed by atoms with Gasteiger partial charge in [-0.25, -0.2) is 0 Å². The van der Waals surface area contributed by atoms with Gasteiger partial charge in [0.1, 0.15) is 0 Å². The van der Waals surface area contributed by atoms with Crippen LogP contribution in [0.15, 0.2) is 29.4 Å². The summed E-state index contributed by atoms with van der Waals surface area (Å²) in [6, 6.07) is 2.33. The number of nitrogens with zero attached hydrogens (tertiary/aromatic N) is 3. The molecular weight excluding hydrogens is 385 g/mol. The van der Waals surface area contributed by atoms with Gasteiger partial charge >= 0.3 is 12.0 Å². The molecule has 1 fully saturated rings. The number of carbonyl (C=O) groups is 1. The van der Waals surface area contributed by atoms with Gasteiger partial charge in [0, 0.05) is 30.8 Å². The molecule has 2 N–H and O–H groups in total. The number of alkyl halides is 3. The van der Waals surface area contributed by atoms with Crippen molar-refractivity contribution in [3.63, 3.8) is 0 Å². The molecule has 1 aromatic carbocycles. The number of nitrogens with one attached hydrogen (secondary N) is 1. The van der Waals surface area contributed by atoms with Gasteiger partial charge in [-0.05, 0) is 31.4 Å². The summed E-state index contributed by atoms with van der Waals surface area (Å²) in [5.41, 5.74) is -0.386. The largest absolute Gasteiger partial charge is 0.460 e. The molecule has 0 aromatic heterocycles. The zero-order valence-electron chi connectivity index (χ0n) is 14.5. The summed E-state index contributed by atoms with van der Waals surface area (Å²) in [6.45, 7) is 0.833. The fraction of sp³-hybridized carbons (Fsp3) is 0.500. The predicted molar refractivity (Wildman–Crippen MR) is 89.3 cm³/mol. The van der Waals surface area contributed by atoms with Crippen molar-refractivity contribution in [3.05, 3.63) is 39.9 Å². The monoisotopic (exact) mass is 402 g/mol. The van der Waals surface area contributed by atoms with Crippen LogP contribution in [0, 0.1) is 10.1 Å². The van der Waals surface area contributed by atoms with Crippen LogP contribution >= 0.6 is 0 Å². The van der Waals surface area contributed by atoms with Gasteiger partial charge in [-0.15, -0.1) is 0 Å². The molecule has 0 aliphatic carbocycles. The van der Waals surface area contributed by atoms with Gasteiger partial charge < -0.3 is 20.2 Å². The van der Waals surface area contributed by atoms with Gasteiger partial charge in [-0.3, -0.25) is 14.9 Å². The number of amides is 1. The van der Waals surface area contributed by atoms with Crippen LogP contribution in [-0.2, 0) is 4.84 Å². The summed E-state index contributed by atoms with van der Waals surface area (Å²) in [6.07, 6.45) is -2.85. The van der Waals surface area contributed by atoms with E-state index in [4.69, 9.17) is 0 Å². The van der Waals surface area contributed by atoms with E-state index in [-0.39, 0.29) is 17.1 Å². The van der Waals surface area contributed by atoms with Crippen LogP contribution in [0.25, 0.3) is 0 Å². The number of hydrogen-bond donors (Lipinski definition) is 2. The lowest BCUT2D eigenvalue weighted by molar-refractivity contribution is -0.384. The van der Waals surface area contributed by atoms with Crippen LogP contribution in [-0.4, -0.2) is 57.8 Å². The number of aliphatic hydroxyl groups is 1. The van der Waals surface area contributed by atoms with E-state index in [0.717, 1.165) is 43.5 Å². The number of benzene rings is 1. The minimum absolute atomic E-state index is 0.111. The first kappa shape index (κ1) is 19.9. The number of piperidine rings is 1. The molecule has 1 aromatic rings. The van der Waals surface area contributed by atoms with Crippen molar-refractivity contribution in [1.82, 2.24) is 10.2 Å². The van der Waals surface area contributed by atoms with E-state index in [1.807, 2.05) is 0 Å². The van der Waals surface area contributed by atoms with E-state index in [2.05, 4.69) is 15.3 Å². The van der Waals surface area contributed by atoms with E-state index >= 15 is 0 Å². The number of likely N-dealkylation sites (tertiary alicyclic amines) is 1. The molecular formula is C16H17F3N4O5. The second-order valence-electron chi connectivity index (χ2n) is 6.49. The summed E-state index contributed by atoms with van der Waals surface area (Å²) < 4.78 is 40.3. The first-order valence-electron chi connectivity index (χ1n) is 8.49. The molecule has 28 heavy (non-hydrogen) atoms. The molecule has 2 aliphatic rings. The minimum atomic E-state index is -5.22. The van der Waals surface area contributed by atoms with E-state index in [1.165, 1.54) is 4.90 Å². The maximum atomic E-state index is 13.4. The average molecular weight is 402 g/mol. The van der Waals surface area contributed by atoms with E-state index in [1.54, 1.807) is 0 Å². The summed E-state index contributed by atoms with van der Waals surface area (Å²) in [5.74, 6) is -4.89. The zero-order valence-corrected chi connectivity index (χ0v) is 14.5. The Balaban J connectivity index is 1.85. The molecule has 2 aliphatic heterocycles. The summed E-state index contributed by atoms with van der Waals surface area (Å²) in [4.78, 5) is 28.3. The fourth-order valence-corrected chi connectivity index (χ4v) is 3.09. The molecule has 2 heterocycles. The number of hydrogen-bond acceptors (Lipinski definition) is 7. The van der Waals surface area contributed by atoms with Crippen LogP contribution in [0.2, 0.25) is 0 Å². The second-order valence-corrected chi connectivity index (χ2v) is 6.49. The van der Waals surface area contributed by atoms with Crippen molar-refractivity contribution < 1.29 is 32.8 Å². The summed E-state index contributed by atoms with van der Waals surface area (Å²) in [5, 5.41) is 26.3. The smallest absolute Gasteiger partial charge is 0.355 e. The van der Waals surface area contributed by atoms with Crippen LogP contribution in [0.3, 0.4) is 0 Å². The Bertz CT molecular complexity index is 792. The van der Waals surface area contributed by atoms with E-state index in [0.29, 0.717) is 13.1 Å². The third kappa shape index (κ3) is 3.59. The molecule has 0 radical (unpaired) electrons. The molecule has 0 bridgehead atoms. The molecule has 9 nitrogen and oxygen atoms in total. The highest BCUT2D eigenvalue weighted by molar-refractivity contribution is 5.99. The predicted octanol–water partition coefficient (Wildman–Crippen LogP) is 1.77. The van der Waals surface area contributed by atoms with Gasteiger partial charge in [0.05, 0.1) is 4.92 Å². The maximum Gasteiger partial charge on any atom is 0.460 e. The van der Waals surface area contributed by atoms with Crippen molar-refractivity contribution in [2.75, 3.05) is 13.1 Å². The van der Waals surface area contributed by atoms with Crippen LogP contribution in [0.4, 0.5) is 18.9 Å². The molecule has 12 heteroatoms. The standard InChI is InChI=1S/C16H17F3N4O5/c17-16(18,19)15(25)12(13(21-28-15)22-8-2-1-3-9-22)20-14(24)10-4-6-11(7-5-10)23(26)27/h4-7,12,25H,1-3,8-9H2,(H,20,24)/t12-,15-/m1/s1. The lowest BCUT2D eigenvalue weighted by Crippen LogP contribution is -2.64. The highest BCUT2D eigenvalue weighted by atomic mass is 19.4. The van der Waals surface area contributed by atoms with Crippen molar-refractivity contribution in [3.8, 4) is 0 Å². The molecule has 1 amide bonds. The minimum Gasteiger partial charge on any atom is -0.355 e. The van der Waals surface area contributed by atoms with Crippen LogP contribution in [0.5, 0.6) is 0 Å². The second kappa shape index (κ2) is 7.26. The quantitative estimate of drug-likeness (QED) is 0.588. The third-order valence-corrected chi connectivity index (χ3v) is 4.63. The van der Waals surface area contributed by atoms with Crippen molar-refractivity contribution in [2.45, 2.75) is 37.3 Å². The van der Waals surface area contributed by atoms with Gasteiger partial charge in [-0.1, -0.05) is 5.16 Å². The normalized spacial score (nSPS) is 25.1. The molecule has 152 valence electrons. The highest BCUT2D eigenvalue weighted by Gasteiger charge is 2.68. The first-order chi connectivity index (χ1) is 13.1. The van der Waals surface area contributed by atoms with E-state index < -0.39 is 28.8 Å². The summed E-state index contributed by atoms with van der Waals surface area (Å²) in [7, 11) is 0. The number of carbonyl (C=O) groups excluding carboxylic acids is 1. The Morgan fingerprint density at radius 1 is 1.29 bits per heavy atom. The number of rotatable bonds is 3. The molecule has 0 unspecified atom stereocenters. The molecule has 2 atom stereocenters. The van der Waals surface area contributed by atoms with Crippen LogP contribution in [0.1, 0.15) is 29.6 Å². The molecule has 3 rings (SSSR count). The number of oxime groups is 1. The fourth-order valence-electron chi connectivity index (χ4n) is 3.09. The average Bonchev–Trinajstić information content (AvgIpc) is 3.00. The zero-order chi connectivity index (χ0) is 20.5. The van der Waals surface area contributed by atoms with Crippen molar-refractivity contribution >= 4 is 17.4 Å². The number of nitro groups is 1. The maximum absolute atomic E-state index is 13.4. The SMILES string of the molecule is O=C(N[C@@H]1C(N2CCCCC2)=NO[C@@]1(O)C(F)(F)F)c1ccc([N+](=O)[O-])cc1. The lowest BCUT2D eigenvalue weighted by Gasteiger charge is -2.34. The number of halogens is 3. The summed E-state index contributed by atoms with van der Waals surface area (Å²) >= 11 is 0. The highest BCUT2D eigenvalue weighted by Crippen LogP contribution is 2.39. The van der Waals surface area contributed by atoms with Gasteiger partial charge in [0.2, 0.25) is 0 Å². The number of non-ortho nitro benzene ring substituents is 1. The Kier molecular flexibility index (Phi) is 5.15. The van der Waals surface area contributed by atoms with Gasteiger partial charge in [-0.2, -0.15) is 13.2 Å². The number of nitro benzene ring substituents is 1. The number of amidine groups is 1. The lowest BCUT2D eigenvalue weighted by atomic mass is 10.0. The molecule has 0 saturated carbocycles.